The van der Waals surface area contributed by atoms with Crippen molar-refractivity contribution in [2.45, 2.75) is 26.2 Å². The number of aromatic amines is 1. The van der Waals surface area contributed by atoms with E-state index in [9.17, 15) is 4.79 Å². The van der Waals surface area contributed by atoms with Gasteiger partial charge in [-0.15, -0.1) is 0 Å². The van der Waals surface area contributed by atoms with E-state index in [1.807, 2.05) is 30.5 Å². The van der Waals surface area contributed by atoms with E-state index in [1.54, 1.807) is 10.7 Å². The summed E-state index contributed by atoms with van der Waals surface area (Å²) in [5.41, 5.74) is 8.92. The molecule has 0 bridgehead atoms. The Bertz CT molecular complexity index is 1130. The molecule has 0 saturated heterocycles. The van der Waals surface area contributed by atoms with Gasteiger partial charge in [0, 0.05) is 28.9 Å². The molecule has 1 aromatic carbocycles. The third kappa shape index (κ3) is 2.65. The fourth-order valence-electron chi connectivity index (χ4n) is 2.80. The molecule has 3 aromatic heterocycles. The number of amides is 1. The Morgan fingerprint density at radius 1 is 1.27 bits per heavy atom. The summed E-state index contributed by atoms with van der Waals surface area (Å²) < 4.78 is 1.81. The predicted molar refractivity (Wildman–Crippen MR) is 99.6 cm³/mol. The molecule has 0 saturated carbocycles. The van der Waals surface area contributed by atoms with Crippen LogP contribution < -0.4 is 11.1 Å². The summed E-state index contributed by atoms with van der Waals surface area (Å²) in [5, 5.41) is 15.4. The minimum Gasteiger partial charge on any atom is -0.364 e. The van der Waals surface area contributed by atoms with Gasteiger partial charge in [0.1, 0.15) is 5.52 Å². The molecule has 132 valence electrons. The van der Waals surface area contributed by atoms with Crippen molar-refractivity contribution in [1.82, 2.24) is 24.8 Å². The molecule has 8 nitrogen and oxygen atoms in total. The van der Waals surface area contributed by atoms with Crippen LogP contribution in [0, 0.1) is 0 Å². The molecule has 26 heavy (non-hydrogen) atoms. The van der Waals surface area contributed by atoms with Gasteiger partial charge in [-0.1, -0.05) is 20.8 Å². The first kappa shape index (κ1) is 16.1. The highest BCUT2D eigenvalue weighted by Gasteiger charge is 2.19. The van der Waals surface area contributed by atoms with E-state index in [1.165, 1.54) is 0 Å². The lowest BCUT2D eigenvalue weighted by Crippen LogP contribution is -2.11. The van der Waals surface area contributed by atoms with Crippen LogP contribution in [0.25, 0.3) is 16.4 Å². The third-order valence-corrected chi connectivity index (χ3v) is 4.22. The third-order valence-electron chi connectivity index (χ3n) is 4.22. The number of nitrogens with one attached hydrogen (secondary N) is 2. The normalized spacial score (nSPS) is 12.0. The Morgan fingerprint density at radius 2 is 2.08 bits per heavy atom. The zero-order chi connectivity index (χ0) is 18.5. The van der Waals surface area contributed by atoms with E-state index in [0.29, 0.717) is 11.2 Å². The zero-order valence-electron chi connectivity index (χ0n) is 14.7. The van der Waals surface area contributed by atoms with Crippen molar-refractivity contribution in [3.8, 4) is 0 Å². The van der Waals surface area contributed by atoms with Gasteiger partial charge in [-0.2, -0.15) is 10.2 Å². The molecule has 0 spiro atoms. The quantitative estimate of drug-likeness (QED) is 0.526. The molecule has 0 aliphatic carbocycles. The highest BCUT2D eigenvalue weighted by molar-refractivity contribution is 6.04. The molecule has 0 radical (unpaired) electrons. The van der Waals surface area contributed by atoms with E-state index in [0.717, 1.165) is 22.4 Å². The van der Waals surface area contributed by atoms with Crippen LogP contribution >= 0.6 is 0 Å². The van der Waals surface area contributed by atoms with Crippen LogP contribution in [-0.4, -0.2) is 30.7 Å². The lowest BCUT2D eigenvalue weighted by Gasteiger charge is -2.13. The average molecular weight is 349 g/mol. The number of hydrogen-bond donors (Lipinski definition) is 3. The van der Waals surface area contributed by atoms with Crippen LogP contribution in [0.2, 0.25) is 0 Å². The van der Waals surface area contributed by atoms with Crippen LogP contribution in [0.15, 0.2) is 36.7 Å². The van der Waals surface area contributed by atoms with Crippen molar-refractivity contribution in [2.24, 2.45) is 5.73 Å². The van der Waals surface area contributed by atoms with Crippen LogP contribution in [-0.2, 0) is 5.41 Å². The van der Waals surface area contributed by atoms with Crippen molar-refractivity contribution < 1.29 is 4.79 Å². The number of benzene rings is 1. The largest absolute Gasteiger partial charge is 0.364 e. The number of nitrogens with zero attached hydrogens (tertiary/aromatic N) is 4. The van der Waals surface area contributed by atoms with Crippen molar-refractivity contribution in [3.63, 3.8) is 0 Å². The SMILES string of the molecule is CC(C)(C)c1cc2c(Nc3ccc4[nH]nc(C(N)=O)c4c3)nccn2n1. The number of carbonyl (C=O) groups is 1. The lowest BCUT2D eigenvalue weighted by atomic mass is 9.92. The molecule has 4 rings (SSSR count). The number of carbonyl (C=O) groups excluding carboxylic acids is 1. The number of fused-ring (bicyclic) bond motifs is 2. The maximum atomic E-state index is 11.5. The Hall–Kier alpha value is -3.42. The van der Waals surface area contributed by atoms with Crippen molar-refractivity contribution in [2.75, 3.05) is 5.32 Å². The second-order valence-electron chi connectivity index (χ2n) is 7.21. The molecule has 0 aliphatic heterocycles. The van der Waals surface area contributed by atoms with Gasteiger partial charge in [0.15, 0.2) is 11.5 Å². The first-order valence-corrected chi connectivity index (χ1v) is 8.23. The number of hydrogen-bond acceptors (Lipinski definition) is 5. The summed E-state index contributed by atoms with van der Waals surface area (Å²) in [7, 11) is 0. The molecule has 0 aliphatic rings. The highest BCUT2D eigenvalue weighted by Crippen LogP contribution is 2.27. The second-order valence-corrected chi connectivity index (χ2v) is 7.21. The second kappa shape index (κ2) is 5.55. The van der Waals surface area contributed by atoms with Gasteiger partial charge in [0.05, 0.1) is 11.2 Å². The maximum absolute atomic E-state index is 11.5. The summed E-state index contributed by atoms with van der Waals surface area (Å²) in [5.74, 6) is 0.109. The van der Waals surface area contributed by atoms with Crippen molar-refractivity contribution in [1.29, 1.82) is 0 Å². The van der Waals surface area contributed by atoms with Crippen LogP contribution in [0.5, 0.6) is 0 Å². The van der Waals surface area contributed by atoms with Crippen LogP contribution in [0.1, 0.15) is 37.0 Å². The van der Waals surface area contributed by atoms with Crippen LogP contribution in [0.3, 0.4) is 0 Å². The van der Waals surface area contributed by atoms with E-state index in [-0.39, 0.29) is 11.1 Å². The lowest BCUT2D eigenvalue weighted by molar-refractivity contribution is 0.0997. The van der Waals surface area contributed by atoms with Gasteiger partial charge >= 0.3 is 0 Å². The number of rotatable bonds is 3. The standard InChI is InChI=1S/C18H19N7O/c1-18(2,3)14-9-13-17(20-6-7-25(13)24-14)21-10-4-5-12-11(8-10)15(16(19)26)23-22-12/h4-9H,1-3H3,(H2,19,26)(H,20,21)(H,22,23). The van der Waals surface area contributed by atoms with Gasteiger partial charge in [-0.3, -0.25) is 9.89 Å². The Kier molecular flexibility index (Phi) is 3.43. The molecular weight excluding hydrogens is 330 g/mol. The van der Waals surface area contributed by atoms with E-state index in [4.69, 9.17) is 5.73 Å². The minimum absolute atomic E-state index is 0.0601. The number of aromatic nitrogens is 5. The van der Waals surface area contributed by atoms with Gasteiger partial charge in [0.2, 0.25) is 0 Å². The fraction of sp³-hybridized carbons (Fsp3) is 0.222. The topological polar surface area (TPSA) is 114 Å². The molecule has 0 fully saturated rings. The monoisotopic (exact) mass is 349 g/mol. The zero-order valence-corrected chi connectivity index (χ0v) is 14.7. The maximum Gasteiger partial charge on any atom is 0.269 e. The number of H-pyrrole nitrogens is 1. The predicted octanol–water partition coefficient (Wildman–Crippen LogP) is 2.75. The fourth-order valence-corrected chi connectivity index (χ4v) is 2.80. The average Bonchev–Trinajstić information content (AvgIpc) is 3.18. The van der Waals surface area contributed by atoms with E-state index >= 15 is 0 Å². The summed E-state index contributed by atoms with van der Waals surface area (Å²) >= 11 is 0. The number of nitrogens with two attached hydrogens (primary N) is 1. The molecule has 3 heterocycles. The summed E-state index contributed by atoms with van der Waals surface area (Å²) in [6.45, 7) is 6.36. The molecular formula is C18H19N7O. The number of primary amides is 1. The van der Waals surface area contributed by atoms with Gasteiger partial charge in [-0.05, 0) is 24.3 Å². The smallest absolute Gasteiger partial charge is 0.269 e. The van der Waals surface area contributed by atoms with Gasteiger partial charge < -0.3 is 11.1 Å². The Labute approximate surface area is 149 Å². The van der Waals surface area contributed by atoms with Crippen LogP contribution in [0.4, 0.5) is 11.5 Å². The van der Waals surface area contributed by atoms with Gasteiger partial charge in [-0.25, -0.2) is 9.50 Å². The minimum atomic E-state index is -0.570. The van der Waals surface area contributed by atoms with E-state index in [2.05, 4.69) is 46.4 Å². The first-order chi connectivity index (χ1) is 12.3. The summed E-state index contributed by atoms with van der Waals surface area (Å²) in [6, 6.07) is 7.58. The molecule has 1 amide bonds. The van der Waals surface area contributed by atoms with Gasteiger partial charge in [0.25, 0.3) is 5.91 Å². The number of anilines is 2. The Morgan fingerprint density at radius 3 is 2.81 bits per heavy atom. The van der Waals surface area contributed by atoms with Crippen molar-refractivity contribution >= 4 is 33.8 Å². The highest BCUT2D eigenvalue weighted by atomic mass is 16.1. The van der Waals surface area contributed by atoms with Crippen molar-refractivity contribution in [3.05, 3.63) is 48.0 Å². The molecule has 0 atom stereocenters. The van der Waals surface area contributed by atoms with E-state index < -0.39 is 5.91 Å². The summed E-state index contributed by atoms with van der Waals surface area (Å²) in [6.07, 6.45) is 3.51. The Balaban J connectivity index is 1.77. The molecule has 4 N–H and O–H groups in total. The molecule has 8 heteroatoms. The summed E-state index contributed by atoms with van der Waals surface area (Å²) in [4.78, 5) is 15.9. The molecule has 0 unspecified atom stereocenters. The first-order valence-electron chi connectivity index (χ1n) is 8.23. The molecule has 4 aromatic rings.